The first-order valence-electron chi connectivity index (χ1n) is 8.60. The fourth-order valence-corrected chi connectivity index (χ4v) is 3.36. The summed E-state index contributed by atoms with van der Waals surface area (Å²) in [4.78, 5) is 44.2. The molecule has 0 saturated heterocycles. The quantitative estimate of drug-likeness (QED) is 0.729. The topological polar surface area (TPSA) is 107 Å². The van der Waals surface area contributed by atoms with Crippen molar-refractivity contribution >= 4 is 40.2 Å². The van der Waals surface area contributed by atoms with Gasteiger partial charge in [-0.1, -0.05) is 12.1 Å². The number of para-hydroxylation sites is 2. The van der Waals surface area contributed by atoms with Gasteiger partial charge in [-0.3, -0.25) is 9.59 Å². The number of carbonyl (C=O) groups excluding carboxylic acids is 2. The van der Waals surface area contributed by atoms with Gasteiger partial charge in [0.25, 0.3) is 0 Å². The fraction of sp³-hybridized carbons (Fsp3) is 0.278. The highest BCUT2D eigenvalue weighted by atomic mass is 16.2. The van der Waals surface area contributed by atoms with Crippen LogP contribution in [0.15, 0.2) is 36.9 Å². The van der Waals surface area contributed by atoms with Crippen molar-refractivity contribution < 1.29 is 9.59 Å². The molecule has 9 heteroatoms. The number of nitrogens with one attached hydrogen (secondary N) is 2. The molecule has 0 bridgehead atoms. The second kappa shape index (κ2) is 6.67. The summed E-state index contributed by atoms with van der Waals surface area (Å²) in [6.07, 6.45) is 3.21. The van der Waals surface area contributed by atoms with Crippen LogP contribution >= 0.6 is 0 Å². The number of hydrogen-bond donors (Lipinski definition) is 2. The van der Waals surface area contributed by atoms with E-state index in [1.54, 1.807) is 29.2 Å². The largest absolute Gasteiger partial charge is 0.348 e. The Morgan fingerprint density at radius 1 is 1.30 bits per heavy atom. The van der Waals surface area contributed by atoms with Crippen molar-refractivity contribution in [2.24, 2.45) is 0 Å². The van der Waals surface area contributed by atoms with Crippen LogP contribution in [0.2, 0.25) is 0 Å². The second-order valence-electron chi connectivity index (χ2n) is 6.54. The number of carbonyl (C=O) groups is 2. The van der Waals surface area contributed by atoms with Crippen LogP contribution < -0.4 is 15.1 Å². The number of anilines is 3. The van der Waals surface area contributed by atoms with E-state index < -0.39 is 0 Å². The van der Waals surface area contributed by atoms with E-state index in [4.69, 9.17) is 0 Å². The van der Waals surface area contributed by atoms with Gasteiger partial charge in [-0.2, -0.15) is 0 Å². The van der Waals surface area contributed by atoms with Crippen molar-refractivity contribution in [3.63, 3.8) is 0 Å². The third-order valence-corrected chi connectivity index (χ3v) is 4.56. The Morgan fingerprint density at radius 2 is 2.11 bits per heavy atom. The molecule has 0 saturated carbocycles. The molecule has 27 heavy (non-hydrogen) atoms. The molecule has 1 aliphatic rings. The molecule has 1 aliphatic heterocycles. The third kappa shape index (κ3) is 3.07. The molecule has 0 radical (unpaired) electrons. The molecular weight excluding hydrogens is 346 g/mol. The highest BCUT2D eigenvalue weighted by molar-refractivity contribution is 6.05. The van der Waals surface area contributed by atoms with Crippen LogP contribution in [0.4, 0.5) is 17.2 Å². The Balaban J connectivity index is 1.64. The van der Waals surface area contributed by atoms with Crippen LogP contribution in [0.1, 0.15) is 13.3 Å². The van der Waals surface area contributed by atoms with E-state index >= 15 is 0 Å². The molecule has 2 N–H and O–H groups in total. The maximum absolute atomic E-state index is 13.2. The van der Waals surface area contributed by atoms with Crippen molar-refractivity contribution in [3.05, 3.63) is 36.9 Å². The van der Waals surface area contributed by atoms with Crippen LogP contribution in [0.3, 0.4) is 0 Å². The number of H-pyrrole nitrogens is 1. The van der Waals surface area contributed by atoms with Crippen LogP contribution in [0.5, 0.6) is 0 Å². The van der Waals surface area contributed by atoms with Crippen LogP contribution in [0, 0.1) is 0 Å². The SMILES string of the molecule is CC1CC(=O)Nc2ccccc2N1C(=O)CN(C)c1ncnc2nc[nH]c12. The lowest BCUT2D eigenvalue weighted by Gasteiger charge is -2.30. The number of amides is 2. The van der Waals surface area contributed by atoms with E-state index in [1.807, 2.05) is 25.1 Å². The number of fused-ring (bicyclic) bond motifs is 2. The van der Waals surface area contributed by atoms with E-state index in [0.717, 1.165) is 0 Å². The molecule has 2 amide bonds. The molecule has 138 valence electrons. The highest BCUT2D eigenvalue weighted by Gasteiger charge is 2.30. The molecule has 0 fully saturated rings. The van der Waals surface area contributed by atoms with Gasteiger partial charge >= 0.3 is 0 Å². The van der Waals surface area contributed by atoms with Crippen LogP contribution in [-0.2, 0) is 9.59 Å². The van der Waals surface area contributed by atoms with Gasteiger partial charge in [-0.25, -0.2) is 15.0 Å². The molecular formula is C18H19N7O2. The second-order valence-corrected chi connectivity index (χ2v) is 6.54. The normalized spacial score (nSPS) is 16.6. The van der Waals surface area contributed by atoms with Crippen molar-refractivity contribution in [1.82, 2.24) is 19.9 Å². The van der Waals surface area contributed by atoms with Gasteiger partial charge in [0.15, 0.2) is 11.5 Å². The number of aromatic nitrogens is 4. The Kier molecular flexibility index (Phi) is 4.19. The highest BCUT2D eigenvalue weighted by Crippen LogP contribution is 2.31. The number of aromatic amines is 1. The van der Waals surface area contributed by atoms with E-state index in [0.29, 0.717) is 28.4 Å². The summed E-state index contributed by atoms with van der Waals surface area (Å²) < 4.78 is 0. The summed E-state index contributed by atoms with van der Waals surface area (Å²) in [5.41, 5.74) is 2.56. The Labute approximate surface area is 155 Å². The van der Waals surface area contributed by atoms with Crippen LogP contribution in [0.25, 0.3) is 11.2 Å². The van der Waals surface area contributed by atoms with Crippen molar-refractivity contribution in [1.29, 1.82) is 0 Å². The minimum absolute atomic E-state index is 0.0952. The lowest BCUT2D eigenvalue weighted by atomic mass is 10.1. The monoisotopic (exact) mass is 365 g/mol. The first-order chi connectivity index (χ1) is 13.0. The Bertz CT molecular complexity index is 1020. The first-order valence-corrected chi connectivity index (χ1v) is 8.60. The number of benzene rings is 1. The van der Waals surface area contributed by atoms with Crippen molar-refractivity contribution in [2.75, 3.05) is 28.7 Å². The average Bonchev–Trinajstić information content (AvgIpc) is 3.06. The third-order valence-electron chi connectivity index (χ3n) is 4.56. The number of imidazole rings is 1. The molecule has 0 spiro atoms. The lowest BCUT2D eigenvalue weighted by Crippen LogP contribution is -2.44. The number of rotatable bonds is 3. The maximum atomic E-state index is 13.2. The number of hydrogen-bond acceptors (Lipinski definition) is 6. The zero-order valence-corrected chi connectivity index (χ0v) is 15.0. The Morgan fingerprint density at radius 3 is 2.96 bits per heavy atom. The Hall–Kier alpha value is -3.49. The van der Waals surface area contributed by atoms with E-state index in [-0.39, 0.29) is 30.8 Å². The van der Waals surface area contributed by atoms with Gasteiger partial charge in [0.1, 0.15) is 11.8 Å². The number of likely N-dealkylation sites (N-methyl/N-ethyl adjacent to an activating group) is 1. The lowest BCUT2D eigenvalue weighted by molar-refractivity contribution is -0.118. The summed E-state index contributed by atoms with van der Waals surface area (Å²) >= 11 is 0. The molecule has 2 aromatic heterocycles. The van der Waals surface area contributed by atoms with Crippen molar-refractivity contribution in [2.45, 2.75) is 19.4 Å². The molecule has 1 atom stereocenters. The first kappa shape index (κ1) is 17.0. The van der Waals surface area contributed by atoms with E-state index in [2.05, 4.69) is 25.3 Å². The van der Waals surface area contributed by atoms with Gasteiger partial charge in [0.2, 0.25) is 11.8 Å². The van der Waals surface area contributed by atoms with Gasteiger partial charge in [-0.05, 0) is 19.1 Å². The standard InChI is InChI=1S/C18H19N7O2/c1-11-7-14(26)23-12-5-3-4-6-13(12)25(11)15(27)8-24(2)18-16-17(20-9-19-16)21-10-22-18/h3-6,9-11H,7-8H2,1-2H3,(H,23,26)(H,19,20,21,22). The minimum Gasteiger partial charge on any atom is -0.348 e. The maximum Gasteiger partial charge on any atom is 0.246 e. The van der Waals surface area contributed by atoms with E-state index in [1.165, 1.54) is 6.33 Å². The predicted octanol–water partition coefficient (Wildman–Crippen LogP) is 1.55. The van der Waals surface area contributed by atoms with Crippen LogP contribution in [-0.4, -0.2) is 51.4 Å². The number of nitrogens with zero attached hydrogens (tertiary/aromatic N) is 5. The van der Waals surface area contributed by atoms with Gasteiger partial charge in [-0.15, -0.1) is 0 Å². The molecule has 9 nitrogen and oxygen atoms in total. The fourth-order valence-electron chi connectivity index (χ4n) is 3.36. The summed E-state index contributed by atoms with van der Waals surface area (Å²) in [7, 11) is 1.79. The molecule has 1 aromatic carbocycles. The van der Waals surface area contributed by atoms with Gasteiger partial charge in [0.05, 0.1) is 24.2 Å². The zero-order chi connectivity index (χ0) is 19.0. The molecule has 0 aliphatic carbocycles. The predicted molar refractivity (Wildman–Crippen MR) is 102 cm³/mol. The summed E-state index contributed by atoms with van der Waals surface area (Å²) in [5, 5.41) is 2.86. The van der Waals surface area contributed by atoms with Gasteiger partial charge < -0.3 is 20.1 Å². The molecule has 3 aromatic rings. The minimum atomic E-state index is -0.257. The summed E-state index contributed by atoms with van der Waals surface area (Å²) in [5.74, 6) is 0.365. The summed E-state index contributed by atoms with van der Waals surface area (Å²) in [6.45, 7) is 1.97. The molecule has 3 heterocycles. The van der Waals surface area contributed by atoms with E-state index in [9.17, 15) is 9.59 Å². The molecule has 1 unspecified atom stereocenters. The molecule has 4 rings (SSSR count). The zero-order valence-electron chi connectivity index (χ0n) is 15.0. The smallest absolute Gasteiger partial charge is 0.246 e. The summed E-state index contributed by atoms with van der Waals surface area (Å²) in [6, 6.07) is 7.07. The van der Waals surface area contributed by atoms with Gasteiger partial charge in [0, 0.05) is 19.5 Å². The average molecular weight is 365 g/mol. The van der Waals surface area contributed by atoms with Crippen molar-refractivity contribution in [3.8, 4) is 0 Å².